The van der Waals surface area contributed by atoms with E-state index in [1.807, 2.05) is 36.6 Å². The zero-order valence-electron chi connectivity index (χ0n) is 12.4. The third kappa shape index (κ3) is 4.36. The van der Waals surface area contributed by atoms with Gasteiger partial charge in [-0.05, 0) is 30.0 Å². The van der Waals surface area contributed by atoms with Crippen LogP contribution in [0.25, 0.3) is 6.08 Å². The van der Waals surface area contributed by atoms with Gasteiger partial charge in [-0.25, -0.2) is 0 Å². The highest BCUT2D eigenvalue weighted by atomic mass is 32.2. The number of thioether (sulfide) groups is 1. The molecule has 5 heteroatoms. The van der Waals surface area contributed by atoms with Crippen molar-refractivity contribution in [3.63, 3.8) is 0 Å². The maximum atomic E-state index is 12.1. The molecule has 0 N–H and O–H groups in total. The second kappa shape index (κ2) is 7.31. The van der Waals surface area contributed by atoms with Gasteiger partial charge < -0.3 is 9.80 Å². The minimum Gasteiger partial charge on any atom is -0.339 e. The fourth-order valence-electron chi connectivity index (χ4n) is 2.23. The van der Waals surface area contributed by atoms with Gasteiger partial charge in [-0.15, -0.1) is 11.8 Å². The molecule has 0 spiro atoms. The van der Waals surface area contributed by atoms with Crippen molar-refractivity contribution in [2.24, 2.45) is 0 Å². The maximum absolute atomic E-state index is 12.1. The Balaban J connectivity index is 1.89. The summed E-state index contributed by atoms with van der Waals surface area (Å²) < 4.78 is 0. The first-order valence-corrected chi connectivity index (χ1v) is 8.19. The van der Waals surface area contributed by atoms with Crippen molar-refractivity contribution in [2.75, 3.05) is 32.4 Å². The van der Waals surface area contributed by atoms with Gasteiger partial charge in [0.05, 0.1) is 0 Å². The third-order valence-electron chi connectivity index (χ3n) is 3.57. The van der Waals surface area contributed by atoms with Gasteiger partial charge in [0, 0.05) is 44.1 Å². The van der Waals surface area contributed by atoms with E-state index in [1.54, 1.807) is 34.6 Å². The Bertz CT molecular complexity index is 532. The Morgan fingerprint density at radius 2 is 1.62 bits per heavy atom. The van der Waals surface area contributed by atoms with Crippen LogP contribution in [0.1, 0.15) is 12.5 Å². The van der Waals surface area contributed by atoms with E-state index in [9.17, 15) is 9.59 Å². The highest BCUT2D eigenvalue weighted by Gasteiger charge is 2.20. The van der Waals surface area contributed by atoms with E-state index in [2.05, 4.69) is 0 Å². The zero-order valence-corrected chi connectivity index (χ0v) is 13.2. The van der Waals surface area contributed by atoms with Gasteiger partial charge in [0.15, 0.2) is 0 Å². The summed E-state index contributed by atoms with van der Waals surface area (Å²) in [4.78, 5) is 28.1. The third-order valence-corrected chi connectivity index (χ3v) is 4.31. The highest BCUT2D eigenvalue weighted by molar-refractivity contribution is 7.98. The molecule has 0 atom stereocenters. The lowest BCUT2D eigenvalue weighted by Crippen LogP contribution is -2.49. The number of carbonyl (C=O) groups is 2. The van der Waals surface area contributed by atoms with E-state index in [4.69, 9.17) is 0 Å². The zero-order chi connectivity index (χ0) is 15.2. The van der Waals surface area contributed by atoms with Crippen LogP contribution >= 0.6 is 11.8 Å². The molecule has 21 heavy (non-hydrogen) atoms. The standard InChI is InChI=1S/C16H20N2O2S/c1-13(19)17-9-11-18(12-10-17)16(20)8-5-14-3-6-15(21-2)7-4-14/h3-8H,9-12H2,1-2H3. The summed E-state index contributed by atoms with van der Waals surface area (Å²) in [5.41, 5.74) is 1.02. The van der Waals surface area contributed by atoms with Crippen molar-refractivity contribution >= 4 is 29.7 Å². The summed E-state index contributed by atoms with van der Waals surface area (Å²) in [6.45, 7) is 4.02. The van der Waals surface area contributed by atoms with Crippen molar-refractivity contribution in [2.45, 2.75) is 11.8 Å². The fraction of sp³-hybridized carbons (Fsp3) is 0.375. The van der Waals surface area contributed by atoms with E-state index in [0.29, 0.717) is 26.2 Å². The molecule has 0 radical (unpaired) electrons. The molecule has 1 fully saturated rings. The van der Waals surface area contributed by atoms with Gasteiger partial charge >= 0.3 is 0 Å². The van der Waals surface area contributed by atoms with Gasteiger partial charge in [-0.2, -0.15) is 0 Å². The normalized spacial score (nSPS) is 15.5. The van der Waals surface area contributed by atoms with Gasteiger partial charge in [0.25, 0.3) is 0 Å². The predicted octanol–water partition coefficient (Wildman–Crippen LogP) is 2.11. The molecule has 0 bridgehead atoms. The van der Waals surface area contributed by atoms with E-state index in [-0.39, 0.29) is 11.8 Å². The quantitative estimate of drug-likeness (QED) is 0.634. The van der Waals surface area contributed by atoms with Crippen LogP contribution < -0.4 is 0 Å². The largest absolute Gasteiger partial charge is 0.339 e. The van der Waals surface area contributed by atoms with E-state index < -0.39 is 0 Å². The van der Waals surface area contributed by atoms with Crippen molar-refractivity contribution in [3.8, 4) is 0 Å². The molecular formula is C16H20N2O2S. The second-order valence-electron chi connectivity index (χ2n) is 4.94. The molecule has 0 unspecified atom stereocenters. The number of piperazine rings is 1. The first-order chi connectivity index (χ1) is 10.1. The summed E-state index contributed by atoms with van der Waals surface area (Å²) in [6, 6.07) is 8.09. The lowest BCUT2D eigenvalue weighted by molar-refractivity contribution is -0.135. The molecule has 0 aromatic heterocycles. The topological polar surface area (TPSA) is 40.6 Å². The van der Waals surface area contributed by atoms with E-state index in [1.165, 1.54) is 4.90 Å². The van der Waals surface area contributed by atoms with Crippen LogP contribution in [0.4, 0.5) is 0 Å². The van der Waals surface area contributed by atoms with Crippen LogP contribution in [0.2, 0.25) is 0 Å². The van der Waals surface area contributed by atoms with Crippen LogP contribution in [-0.4, -0.2) is 54.0 Å². The van der Waals surface area contributed by atoms with Crippen molar-refractivity contribution in [3.05, 3.63) is 35.9 Å². The Morgan fingerprint density at radius 3 is 2.14 bits per heavy atom. The minimum atomic E-state index is 0.00662. The van der Waals surface area contributed by atoms with Crippen LogP contribution in [0.5, 0.6) is 0 Å². The van der Waals surface area contributed by atoms with Crippen LogP contribution in [0, 0.1) is 0 Å². The Hall–Kier alpha value is -1.75. The Kier molecular flexibility index (Phi) is 5.44. The number of hydrogen-bond acceptors (Lipinski definition) is 3. The molecule has 2 rings (SSSR count). The van der Waals surface area contributed by atoms with Gasteiger partial charge in [-0.3, -0.25) is 9.59 Å². The molecule has 2 amide bonds. The average molecular weight is 304 g/mol. The van der Waals surface area contributed by atoms with Crippen molar-refractivity contribution < 1.29 is 9.59 Å². The summed E-state index contributed by atoms with van der Waals surface area (Å²) >= 11 is 1.70. The van der Waals surface area contributed by atoms with Crippen LogP contribution in [0.15, 0.2) is 35.2 Å². The van der Waals surface area contributed by atoms with Gasteiger partial charge in [0.1, 0.15) is 0 Å². The molecule has 1 aliphatic heterocycles. The van der Waals surface area contributed by atoms with Gasteiger partial charge in [-0.1, -0.05) is 12.1 Å². The first kappa shape index (κ1) is 15.6. The molecule has 112 valence electrons. The summed E-state index contributed by atoms with van der Waals surface area (Å²) in [7, 11) is 0. The first-order valence-electron chi connectivity index (χ1n) is 6.96. The van der Waals surface area contributed by atoms with Gasteiger partial charge in [0.2, 0.25) is 11.8 Å². The molecular weight excluding hydrogens is 284 g/mol. The molecule has 1 saturated heterocycles. The molecule has 1 heterocycles. The number of benzene rings is 1. The highest BCUT2D eigenvalue weighted by Crippen LogP contribution is 2.15. The lowest BCUT2D eigenvalue weighted by atomic mass is 10.2. The minimum absolute atomic E-state index is 0.00662. The predicted molar refractivity (Wildman–Crippen MR) is 86.1 cm³/mol. The molecule has 1 aromatic carbocycles. The molecule has 1 aromatic rings. The Labute approximate surface area is 129 Å². The summed E-state index contributed by atoms with van der Waals surface area (Å²) in [5.74, 6) is 0.0821. The van der Waals surface area contributed by atoms with Crippen molar-refractivity contribution in [1.82, 2.24) is 9.80 Å². The number of amides is 2. The monoisotopic (exact) mass is 304 g/mol. The van der Waals surface area contributed by atoms with Crippen LogP contribution in [0.3, 0.4) is 0 Å². The van der Waals surface area contributed by atoms with E-state index >= 15 is 0 Å². The molecule has 0 saturated carbocycles. The number of carbonyl (C=O) groups excluding carboxylic acids is 2. The second-order valence-corrected chi connectivity index (χ2v) is 5.82. The molecule has 1 aliphatic rings. The van der Waals surface area contributed by atoms with Crippen LogP contribution in [-0.2, 0) is 9.59 Å². The summed E-state index contributed by atoms with van der Waals surface area (Å²) in [6.07, 6.45) is 5.48. The smallest absolute Gasteiger partial charge is 0.246 e. The van der Waals surface area contributed by atoms with E-state index in [0.717, 1.165) is 5.56 Å². The molecule has 0 aliphatic carbocycles. The fourth-order valence-corrected chi connectivity index (χ4v) is 2.64. The summed E-state index contributed by atoms with van der Waals surface area (Å²) in [5, 5.41) is 0. The average Bonchev–Trinajstić information content (AvgIpc) is 2.53. The number of rotatable bonds is 3. The van der Waals surface area contributed by atoms with Crippen molar-refractivity contribution in [1.29, 1.82) is 0 Å². The lowest BCUT2D eigenvalue weighted by Gasteiger charge is -2.33. The molecule has 4 nitrogen and oxygen atoms in total. The maximum Gasteiger partial charge on any atom is 0.246 e. The number of hydrogen-bond donors (Lipinski definition) is 0. The number of nitrogens with zero attached hydrogens (tertiary/aromatic N) is 2. The Morgan fingerprint density at radius 1 is 1.05 bits per heavy atom. The SMILES string of the molecule is CSc1ccc(C=CC(=O)N2CCN(C(C)=O)CC2)cc1.